The Morgan fingerprint density at radius 3 is 2.16 bits per heavy atom. The third-order valence-corrected chi connectivity index (χ3v) is 7.24. The van der Waals surface area contributed by atoms with Gasteiger partial charge in [0.15, 0.2) is 0 Å². The third kappa shape index (κ3) is 5.34. The number of benzene rings is 2. The minimum Gasteiger partial charge on any atom is -0.496 e. The first-order valence-corrected chi connectivity index (χ1v) is 13.0. The van der Waals surface area contributed by atoms with Crippen molar-refractivity contribution in [2.45, 2.75) is 45.4 Å². The van der Waals surface area contributed by atoms with Crippen LogP contribution in [0.4, 0.5) is 0 Å². The molecule has 2 aliphatic rings. The van der Waals surface area contributed by atoms with Crippen LogP contribution in [0.1, 0.15) is 53.0 Å². The zero-order valence-corrected chi connectivity index (χ0v) is 22.8. The van der Waals surface area contributed by atoms with E-state index in [9.17, 15) is 14.4 Å². The molecule has 2 aliphatic heterocycles. The molecule has 9 nitrogen and oxygen atoms in total. The number of ether oxygens (including phenoxy) is 3. The average molecular weight is 524 g/mol. The van der Waals surface area contributed by atoms with Crippen LogP contribution in [0.5, 0.6) is 11.5 Å². The Kier molecular flexibility index (Phi) is 8.26. The first-order chi connectivity index (χ1) is 18.2. The van der Waals surface area contributed by atoms with Crippen LogP contribution in [0, 0.1) is 12.8 Å². The number of piperidine rings is 1. The van der Waals surface area contributed by atoms with E-state index >= 15 is 0 Å². The van der Waals surface area contributed by atoms with E-state index in [-0.39, 0.29) is 30.2 Å². The van der Waals surface area contributed by atoms with Gasteiger partial charge in [-0.1, -0.05) is 37.6 Å². The molecule has 0 aliphatic carbocycles. The molecule has 0 radical (unpaired) electrons. The lowest BCUT2D eigenvalue weighted by Gasteiger charge is -2.44. The van der Waals surface area contributed by atoms with Gasteiger partial charge in [-0.3, -0.25) is 19.3 Å². The number of rotatable bonds is 7. The Morgan fingerprint density at radius 2 is 1.61 bits per heavy atom. The molecule has 1 N–H and O–H groups in total. The van der Waals surface area contributed by atoms with Gasteiger partial charge >= 0.3 is 0 Å². The summed E-state index contributed by atoms with van der Waals surface area (Å²) in [5.41, 5.74) is 0.918. The summed E-state index contributed by atoms with van der Waals surface area (Å²) < 4.78 is 17.1. The fourth-order valence-electron chi connectivity index (χ4n) is 5.10. The van der Waals surface area contributed by atoms with E-state index in [0.717, 1.165) is 5.56 Å². The highest BCUT2D eigenvalue weighted by Gasteiger charge is 2.54. The zero-order chi connectivity index (χ0) is 27.4. The zero-order valence-electron chi connectivity index (χ0n) is 22.8. The van der Waals surface area contributed by atoms with Crippen LogP contribution >= 0.6 is 0 Å². The van der Waals surface area contributed by atoms with Gasteiger partial charge in [-0.2, -0.15) is 0 Å². The number of carbonyl (C=O) groups excluding carboxylic acids is 3. The Labute approximate surface area is 224 Å². The number of amides is 3. The van der Waals surface area contributed by atoms with Crippen LogP contribution in [-0.4, -0.2) is 79.7 Å². The first-order valence-electron chi connectivity index (χ1n) is 13.0. The number of nitrogens with zero attached hydrogens (tertiary/aromatic N) is 2. The molecule has 2 aromatic rings. The molecule has 0 aromatic heterocycles. The molecule has 1 unspecified atom stereocenters. The van der Waals surface area contributed by atoms with Crippen molar-refractivity contribution >= 4 is 17.7 Å². The van der Waals surface area contributed by atoms with Crippen LogP contribution in [0.25, 0.3) is 0 Å². The fourth-order valence-corrected chi connectivity index (χ4v) is 5.10. The molecular weight excluding hydrogens is 486 g/mol. The first kappa shape index (κ1) is 27.4. The number of hydrogen-bond donors (Lipinski definition) is 1. The molecular formula is C29H37N3O6. The quantitative estimate of drug-likeness (QED) is 0.599. The van der Waals surface area contributed by atoms with Gasteiger partial charge in [0.05, 0.1) is 20.8 Å². The van der Waals surface area contributed by atoms with Crippen LogP contribution in [0.3, 0.4) is 0 Å². The van der Waals surface area contributed by atoms with E-state index in [1.54, 1.807) is 40.1 Å². The topological polar surface area (TPSA) is 97.4 Å². The minimum absolute atomic E-state index is 0.107. The van der Waals surface area contributed by atoms with Crippen LogP contribution in [0.15, 0.2) is 42.5 Å². The Bertz CT molecular complexity index is 1150. The fraction of sp³-hybridized carbons (Fsp3) is 0.483. The molecule has 1 atom stereocenters. The molecule has 2 heterocycles. The smallest absolute Gasteiger partial charge is 0.261 e. The van der Waals surface area contributed by atoms with Crippen molar-refractivity contribution in [3.63, 3.8) is 0 Å². The summed E-state index contributed by atoms with van der Waals surface area (Å²) >= 11 is 0. The second-order valence-electron chi connectivity index (χ2n) is 10.3. The van der Waals surface area contributed by atoms with E-state index in [4.69, 9.17) is 14.2 Å². The molecule has 2 saturated heterocycles. The second kappa shape index (κ2) is 11.4. The highest BCUT2D eigenvalue weighted by Crippen LogP contribution is 2.40. The molecule has 38 heavy (non-hydrogen) atoms. The van der Waals surface area contributed by atoms with Crippen molar-refractivity contribution in [2.75, 3.05) is 40.5 Å². The second-order valence-corrected chi connectivity index (χ2v) is 10.3. The van der Waals surface area contributed by atoms with E-state index in [0.29, 0.717) is 55.1 Å². The summed E-state index contributed by atoms with van der Waals surface area (Å²) in [6, 6.07) is 11.8. The molecule has 3 amide bonds. The maximum atomic E-state index is 13.8. The van der Waals surface area contributed by atoms with Gasteiger partial charge in [-0.25, -0.2) is 0 Å². The van der Waals surface area contributed by atoms with Gasteiger partial charge in [0, 0.05) is 38.0 Å². The standard InChI is InChI=1S/C29H37N3O6/c1-19(2)17-30-26(33)22-18-38-29(32(22)27(34)21-11-9-20(3)10-12-21)13-15-31(16-14-29)28(35)25-23(36-4)7-6-8-24(25)37-5/h6-12,19,22H,13-18H2,1-5H3,(H,30,33). The van der Waals surface area contributed by atoms with Gasteiger partial charge in [0.2, 0.25) is 5.91 Å². The monoisotopic (exact) mass is 523 g/mol. The highest BCUT2D eigenvalue weighted by molar-refractivity contribution is 6.00. The van der Waals surface area contributed by atoms with Crippen LogP contribution in [0.2, 0.25) is 0 Å². The van der Waals surface area contributed by atoms with Gasteiger partial charge in [-0.15, -0.1) is 0 Å². The maximum absolute atomic E-state index is 13.8. The summed E-state index contributed by atoms with van der Waals surface area (Å²) in [5, 5.41) is 2.96. The number of hydrogen-bond acceptors (Lipinski definition) is 6. The van der Waals surface area contributed by atoms with Crippen molar-refractivity contribution < 1.29 is 28.6 Å². The average Bonchev–Trinajstić information content (AvgIpc) is 3.29. The summed E-state index contributed by atoms with van der Waals surface area (Å²) in [7, 11) is 3.03. The molecule has 204 valence electrons. The van der Waals surface area contributed by atoms with Crippen LogP contribution in [-0.2, 0) is 9.53 Å². The summed E-state index contributed by atoms with van der Waals surface area (Å²) in [4.78, 5) is 43.9. The van der Waals surface area contributed by atoms with E-state index < -0.39 is 11.8 Å². The SMILES string of the molecule is COc1cccc(OC)c1C(=O)N1CCC2(CC1)OCC(C(=O)NCC(C)C)N2C(=O)c1ccc(C)cc1. The van der Waals surface area contributed by atoms with Crippen LogP contribution < -0.4 is 14.8 Å². The number of nitrogens with one attached hydrogen (secondary N) is 1. The molecule has 0 saturated carbocycles. The van der Waals surface area contributed by atoms with Crippen molar-refractivity contribution in [2.24, 2.45) is 5.92 Å². The lowest BCUT2D eigenvalue weighted by atomic mass is 9.95. The Hall–Kier alpha value is -3.59. The maximum Gasteiger partial charge on any atom is 0.261 e. The normalized spacial score (nSPS) is 18.5. The summed E-state index contributed by atoms with van der Waals surface area (Å²) in [5.74, 6) is 0.453. The minimum atomic E-state index is -0.983. The van der Waals surface area contributed by atoms with Crippen molar-refractivity contribution in [1.82, 2.24) is 15.1 Å². The molecule has 9 heteroatoms. The number of methoxy groups -OCH3 is 2. The number of aryl methyl sites for hydroxylation is 1. The summed E-state index contributed by atoms with van der Waals surface area (Å²) in [6.07, 6.45) is 0.754. The predicted octanol–water partition coefficient (Wildman–Crippen LogP) is 3.26. The van der Waals surface area contributed by atoms with Gasteiger partial charge < -0.3 is 24.4 Å². The highest BCUT2D eigenvalue weighted by atomic mass is 16.5. The van der Waals surface area contributed by atoms with Gasteiger partial charge in [0.25, 0.3) is 11.8 Å². The molecule has 0 bridgehead atoms. The largest absolute Gasteiger partial charge is 0.496 e. The van der Waals surface area contributed by atoms with Crippen molar-refractivity contribution in [3.05, 3.63) is 59.2 Å². The molecule has 4 rings (SSSR count). The lowest BCUT2D eigenvalue weighted by Crippen LogP contribution is -2.60. The molecule has 2 aromatic carbocycles. The van der Waals surface area contributed by atoms with Crippen molar-refractivity contribution in [1.29, 1.82) is 0 Å². The molecule has 2 fully saturated rings. The van der Waals surface area contributed by atoms with E-state index in [1.165, 1.54) is 14.2 Å². The lowest BCUT2D eigenvalue weighted by molar-refractivity contribution is -0.128. The predicted molar refractivity (Wildman–Crippen MR) is 142 cm³/mol. The molecule has 1 spiro atoms. The van der Waals surface area contributed by atoms with Crippen molar-refractivity contribution in [3.8, 4) is 11.5 Å². The number of carbonyl (C=O) groups is 3. The third-order valence-electron chi connectivity index (χ3n) is 7.24. The Morgan fingerprint density at radius 1 is 1.00 bits per heavy atom. The number of likely N-dealkylation sites (tertiary alicyclic amines) is 1. The van der Waals surface area contributed by atoms with E-state index in [1.807, 2.05) is 32.9 Å². The van der Waals surface area contributed by atoms with E-state index in [2.05, 4.69) is 5.32 Å². The summed E-state index contributed by atoms with van der Waals surface area (Å²) in [6.45, 7) is 7.31. The Balaban J connectivity index is 1.59. The van der Waals surface area contributed by atoms with Gasteiger partial charge in [0.1, 0.15) is 28.8 Å². The van der Waals surface area contributed by atoms with Gasteiger partial charge in [-0.05, 0) is 37.1 Å².